The Morgan fingerprint density at radius 1 is 1.06 bits per heavy atom. The van der Waals surface area contributed by atoms with Crippen LogP contribution in [-0.2, 0) is 0 Å². The van der Waals surface area contributed by atoms with E-state index in [2.05, 4.69) is 10.3 Å². The molecule has 16 heavy (non-hydrogen) atoms. The fourth-order valence-corrected chi connectivity index (χ4v) is 1.35. The maximum Gasteiger partial charge on any atom is 0.147 e. The van der Waals surface area contributed by atoms with Crippen molar-refractivity contribution in [3.8, 4) is 11.5 Å². The number of hydrogen-bond acceptors (Lipinski definition) is 3. The number of ether oxygens (including phenoxy) is 1. The van der Waals surface area contributed by atoms with Crippen molar-refractivity contribution >= 4 is 5.69 Å². The molecule has 2 rings (SSSR count). The van der Waals surface area contributed by atoms with Crippen LogP contribution in [0.2, 0.25) is 0 Å². The molecule has 0 atom stereocenters. The van der Waals surface area contributed by atoms with Crippen LogP contribution >= 0.6 is 0 Å². The second-order valence-corrected chi connectivity index (χ2v) is 3.57. The van der Waals surface area contributed by atoms with Gasteiger partial charge in [-0.2, -0.15) is 0 Å². The molecular formula is C13H14N2O. The van der Waals surface area contributed by atoms with E-state index in [-0.39, 0.29) is 0 Å². The molecule has 0 saturated carbocycles. The fraction of sp³-hybridized carbons (Fsp3) is 0.154. The van der Waals surface area contributed by atoms with Gasteiger partial charge in [0.1, 0.15) is 11.5 Å². The fourth-order valence-electron chi connectivity index (χ4n) is 1.35. The molecule has 3 nitrogen and oxygen atoms in total. The number of anilines is 1. The molecule has 1 heterocycles. The van der Waals surface area contributed by atoms with Gasteiger partial charge in [0, 0.05) is 13.1 Å². The van der Waals surface area contributed by atoms with Crippen LogP contribution < -0.4 is 10.1 Å². The minimum atomic E-state index is 0.732. The van der Waals surface area contributed by atoms with Gasteiger partial charge in [-0.3, -0.25) is 4.98 Å². The minimum Gasteiger partial charge on any atom is -0.456 e. The zero-order chi connectivity index (χ0) is 11.4. The zero-order valence-corrected chi connectivity index (χ0v) is 9.40. The third-order valence-corrected chi connectivity index (χ3v) is 2.26. The van der Waals surface area contributed by atoms with Crippen molar-refractivity contribution in [2.45, 2.75) is 6.92 Å². The van der Waals surface area contributed by atoms with Gasteiger partial charge < -0.3 is 10.1 Å². The maximum absolute atomic E-state index is 5.67. The third kappa shape index (κ3) is 2.51. The summed E-state index contributed by atoms with van der Waals surface area (Å²) in [5.41, 5.74) is 2.15. The Kier molecular flexibility index (Phi) is 3.05. The molecule has 0 bridgehead atoms. The summed E-state index contributed by atoms with van der Waals surface area (Å²) in [6.45, 7) is 2.05. The molecule has 0 aliphatic carbocycles. The monoisotopic (exact) mass is 214 g/mol. The Hall–Kier alpha value is -2.03. The van der Waals surface area contributed by atoms with E-state index in [0.717, 1.165) is 17.2 Å². The number of benzene rings is 1. The van der Waals surface area contributed by atoms with Crippen LogP contribution in [0.3, 0.4) is 0 Å². The van der Waals surface area contributed by atoms with Gasteiger partial charge in [-0.1, -0.05) is 17.7 Å². The van der Waals surface area contributed by atoms with E-state index < -0.39 is 0 Å². The quantitative estimate of drug-likeness (QED) is 0.851. The van der Waals surface area contributed by atoms with Crippen LogP contribution in [0.1, 0.15) is 5.56 Å². The number of nitrogens with zero attached hydrogens (tertiary/aromatic N) is 1. The Morgan fingerprint density at radius 3 is 2.50 bits per heavy atom. The first-order valence-electron chi connectivity index (χ1n) is 5.15. The number of aryl methyl sites for hydroxylation is 1. The van der Waals surface area contributed by atoms with Gasteiger partial charge in [0.25, 0.3) is 0 Å². The molecule has 1 N–H and O–H groups in total. The number of hydrogen-bond donors (Lipinski definition) is 1. The third-order valence-electron chi connectivity index (χ3n) is 2.26. The normalized spacial score (nSPS) is 9.88. The van der Waals surface area contributed by atoms with Crippen LogP contribution in [-0.4, -0.2) is 12.0 Å². The Bertz CT molecular complexity index is 466. The highest BCUT2D eigenvalue weighted by molar-refractivity contribution is 5.45. The van der Waals surface area contributed by atoms with Crippen LogP contribution in [0, 0.1) is 6.92 Å². The van der Waals surface area contributed by atoms with E-state index in [1.807, 2.05) is 44.3 Å². The number of pyridine rings is 1. The van der Waals surface area contributed by atoms with Crippen LogP contribution in [0.5, 0.6) is 11.5 Å². The predicted octanol–water partition coefficient (Wildman–Crippen LogP) is 3.22. The second kappa shape index (κ2) is 4.66. The van der Waals surface area contributed by atoms with Crippen molar-refractivity contribution in [3.63, 3.8) is 0 Å². The highest BCUT2D eigenvalue weighted by Gasteiger charge is 1.98. The van der Waals surface area contributed by atoms with Gasteiger partial charge in [0.2, 0.25) is 0 Å². The lowest BCUT2D eigenvalue weighted by Gasteiger charge is -2.06. The van der Waals surface area contributed by atoms with Gasteiger partial charge in [-0.25, -0.2) is 0 Å². The molecule has 0 amide bonds. The van der Waals surface area contributed by atoms with E-state index >= 15 is 0 Å². The number of rotatable bonds is 3. The standard InChI is InChI=1S/C13H14N2O/c1-10-3-5-12(6-4-10)16-13-7-11(14-2)8-15-9-13/h3-9,14H,1-2H3. The van der Waals surface area contributed by atoms with Crippen molar-refractivity contribution in [2.24, 2.45) is 0 Å². The SMILES string of the molecule is CNc1cncc(Oc2ccc(C)cc2)c1. The predicted molar refractivity (Wildman–Crippen MR) is 65.0 cm³/mol. The molecule has 0 aliphatic rings. The van der Waals surface area contributed by atoms with Gasteiger partial charge >= 0.3 is 0 Å². The summed E-state index contributed by atoms with van der Waals surface area (Å²) in [6.07, 6.45) is 3.45. The maximum atomic E-state index is 5.67. The molecule has 2 aromatic rings. The van der Waals surface area contributed by atoms with Crippen LogP contribution in [0.25, 0.3) is 0 Å². The largest absolute Gasteiger partial charge is 0.456 e. The lowest BCUT2D eigenvalue weighted by Crippen LogP contribution is -1.91. The van der Waals surface area contributed by atoms with Crippen LogP contribution in [0.4, 0.5) is 5.69 Å². The number of aromatic nitrogens is 1. The first-order chi connectivity index (χ1) is 7.78. The average molecular weight is 214 g/mol. The Labute approximate surface area is 95.1 Å². The minimum absolute atomic E-state index is 0.732. The molecule has 82 valence electrons. The molecule has 0 spiro atoms. The summed E-state index contributed by atoms with van der Waals surface area (Å²) in [4.78, 5) is 4.08. The first-order valence-corrected chi connectivity index (χ1v) is 5.15. The molecular weight excluding hydrogens is 200 g/mol. The molecule has 0 saturated heterocycles. The average Bonchev–Trinajstić information content (AvgIpc) is 2.32. The smallest absolute Gasteiger partial charge is 0.147 e. The van der Waals surface area contributed by atoms with Crippen molar-refractivity contribution in [2.75, 3.05) is 12.4 Å². The molecule has 0 unspecified atom stereocenters. The van der Waals surface area contributed by atoms with Crippen molar-refractivity contribution in [1.29, 1.82) is 0 Å². The Balaban J connectivity index is 2.16. The summed E-state index contributed by atoms with van der Waals surface area (Å²) >= 11 is 0. The molecule has 0 fully saturated rings. The van der Waals surface area contributed by atoms with E-state index in [1.165, 1.54) is 5.56 Å². The first kappa shape index (κ1) is 10.5. The summed E-state index contributed by atoms with van der Waals surface area (Å²) in [6, 6.07) is 9.84. The summed E-state index contributed by atoms with van der Waals surface area (Å²) < 4.78 is 5.67. The van der Waals surface area contributed by atoms with Gasteiger partial charge in [0.15, 0.2) is 0 Å². The molecule has 1 aromatic heterocycles. The van der Waals surface area contributed by atoms with E-state index in [4.69, 9.17) is 4.74 Å². The zero-order valence-electron chi connectivity index (χ0n) is 9.40. The molecule has 0 aliphatic heterocycles. The van der Waals surface area contributed by atoms with Crippen molar-refractivity contribution < 1.29 is 4.74 Å². The van der Waals surface area contributed by atoms with E-state index in [0.29, 0.717) is 0 Å². The lowest BCUT2D eigenvalue weighted by atomic mass is 10.2. The van der Waals surface area contributed by atoms with E-state index in [1.54, 1.807) is 12.4 Å². The molecule has 1 aromatic carbocycles. The molecule has 0 radical (unpaired) electrons. The summed E-state index contributed by atoms with van der Waals surface area (Å²) in [5.74, 6) is 1.55. The number of nitrogens with one attached hydrogen (secondary N) is 1. The summed E-state index contributed by atoms with van der Waals surface area (Å²) in [5, 5.41) is 3.02. The topological polar surface area (TPSA) is 34.2 Å². The summed E-state index contributed by atoms with van der Waals surface area (Å²) in [7, 11) is 1.85. The van der Waals surface area contributed by atoms with Crippen molar-refractivity contribution in [3.05, 3.63) is 48.3 Å². The van der Waals surface area contributed by atoms with Gasteiger partial charge in [-0.15, -0.1) is 0 Å². The molecule has 3 heteroatoms. The lowest BCUT2D eigenvalue weighted by molar-refractivity contribution is 0.480. The highest BCUT2D eigenvalue weighted by Crippen LogP contribution is 2.22. The van der Waals surface area contributed by atoms with E-state index in [9.17, 15) is 0 Å². The highest BCUT2D eigenvalue weighted by atomic mass is 16.5. The Morgan fingerprint density at radius 2 is 1.81 bits per heavy atom. The van der Waals surface area contributed by atoms with Crippen LogP contribution in [0.15, 0.2) is 42.7 Å². The van der Waals surface area contributed by atoms with Gasteiger partial charge in [-0.05, 0) is 19.1 Å². The van der Waals surface area contributed by atoms with Crippen molar-refractivity contribution in [1.82, 2.24) is 4.98 Å². The second-order valence-electron chi connectivity index (χ2n) is 3.57. The van der Waals surface area contributed by atoms with Gasteiger partial charge in [0.05, 0.1) is 18.1 Å².